The van der Waals surface area contributed by atoms with Crippen molar-refractivity contribution in [2.45, 2.75) is 73.0 Å². The van der Waals surface area contributed by atoms with Crippen molar-refractivity contribution in [3.8, 4) is 11.1 Å². The summed E-state index contributed by atoms with van der Waals surface area (Å²) in [7, 11) is 0. The largest absolute Gasteiger partial charge is 0.463 e. The number of piperidine rings is 1. The van der Waals surface area contributed by atoms with Gasteiger partial charge in [0.15, 0.2) is 0 Å². The van der Waals surface area contributed by atoms with E-state index in [4.69, 9.17) is 15.5 Å². The molecule has 2 aliphatic rings. The fourth-order valence-electron chi connectivity index (χ4n) is 5.01. The Labute approximate surface area is 197 Å². The Balaban J connectivity index is 1.84. The van der Waals surface area contributed by atoms with Gasteiger partial charge in [0.05, 0.1) is 18.2 Å². The van der Waals surface area contributed by atoms with Crippen LogP contribution in [-0.4, -0.2) is 36.7 Å². The maximum absolute atomic E-state index is 12.7. The van der Waals surface area contributed by atoms with Crippen LogP contribution in [0.3, 0.4) is 0 Å². The van der Waals surface area contributed by atoms with E-state index in [1.807, 2.05) is 20.8 Å². The van der Waals surface area contributed by atoms with Gasteiger partial charge in [0.1, 0.15) is 5.82 Å². The second-order valence-corrected chi connectivity index (χ2v) is 10.6. The maximum atomic E-state index is 12.7. The molecule has 1 aromatic heterocycles. The number of nitrogens with zero attached hydrogens (tertiary/aromatic N) is 2. The third-order valence-electron chi connectivity index (χ3n) is 7.01. The van der Waals surface area contributed by atoms with Crippen LogP contribution < -0.4 is 16.0 Å². The smallest absolute Gasteiger partial charge is 0.310 e. The lowest BCUT2D eigenvalue weighted by Crippen LogP contribution is -2.38. The van der Waals surface area contributed by atoms with Crippen molar-refractivity contribution in [2.24, 2.45) is 5.41 Å². The molecule has 0 bridgehead atoms. The highest BCUT2D eigenvalue weighted by Crippen LogP contribution is 2.43. The van der Waals surface area contributed by atoms with Gasteiger partial charge in [-0.2, -0.15) is 0 Å². The van der Waals surface area contributed by atoms with E-state index in [2.05, 4.69) is 42.3 Å². The van der Waals surface area contributed by atoms with Gasteiger partial charge in [0.2, 0.25) is 0 Å². The van der Waals surface area contributed by atoms with E-state index >= 15 is 0 Å². The second-order valence-electron chi connectivity index (χ2n) is 10.6. The molecule has 3 N–H and O–H groups in total. The number of fused-ring (bicyclic) bond motifs is 1. The van der Waals surface area contributed by atoms with Gasteiger partial charge in [0, 0.05) is 36.5 Å². The van der Waals surface area contributed by atoms with Gasteiger partial charge in [-0.15, -0.1) is 0 Å². The monoisotopic (exact) mass is 450 g/mol. The van der Waals surface area contributed by atoms with Crippen LogP contribution in [0.2, 0.25) is 0 Å². The number of ether oxygens (including phenoxy) is 1. The average Bonchev–Trinajstić information content (AvgIpc) is 2.75. The molecule has 2 aromatic rings. The second kappa shape index (κ2) is 9.34. The Morgan fingerprint density at radius 3 is 2.67 bits per heavy atom. The van der Waals surface area contributed by atoms with E-state index in [0.29, 0.717) is 11.2 Å². The van der Waals surface area contributed by atoms with Crippen molar-refractivity contribution in [1.82, 2.24) is 10.3 Å². The highest BCUT2D eigenvalue weighted by Gasteiger charge is 2.31. The zero-order valence-electron chi connectivity index (χ0n) is 20.8. The normalized spacial score (nSPS) is 17.7. The van der Waals surface area contributed by atoms with Crippen LogP contribution in [0, 0.1) is 12.3 Å². The number of nitrogens with two attached hydrogens (primary N) is 1. The number of aryl methyl sites for hydroxylation is 1. The molecule has 178 valence electrons. The zero-order chi connectivity index (χ0) is 23.8. The van der Waals surface area contributed by atoms with Crippen LogP contribution in [0.25, 0.3) is 11.1 Å². The van der Waals surface area contributed by atoms with Gasteiger partial charge in [-0.3, -0.25) is 4.79 Å². The minimum absolute atomic E-state index is 0.146. The Morgan fingerprint density at radius 1 is 1.24 bits per heavy atom. The highest BCUT2D eigenvalue weighted by molar-refractivity contribution is 5.91. The summed E-state index contributed by atoms with van der Waals surface area (Å²) in [5.41, 5.74) is 14.5. The summed E-state index contributed by atoms with van der Waals surface area (Å²) in [4.78, 5) is 19.9. The number of anilines is 2. The molecule has 2 aliphatic heterocycles. The number of carbonyl (C=O) groups is 1. The highest BCUT2D eigenvalue weighted by atomic mass is 16.5. The molecule has 0 spiro atoms. The fourth-order valence-corrected chi connectivity index (χ4v) is 5.01. The van der Waals surface area contributed by atoms with Crippen LogP contribution >= 0.6 is 0 Å². The van der Waals surface area contributed by atoms with E-state index in [9.17, 15) is 4.79 Å². The van der Waals surface area contributed by atoms with Crippen LogP contribution in [0.4, 0.5) is 11.5 Å². The minimum Gasteiger partial charge on any atom is -0.463 e. The Bertz CT molecular complexity index is 1030. The predicted octanol–water partition coefficient (Wildman–Crippen LogP) is 4.41. The van der Waals surface area contributed by atoms with E-state index in [-0.39, 0.29) is 18.5 Å². The van der Waals surface area contributed by atoms with Gasteiger partial charge < -0.3 is 20.7 Å². The summed E-state index contributed by atoms with van der Waals surface area (Å²) in [6, 6.07) is 6.63. The Kier molecular flexibility index (Phi) is 6.66. The summed E-state index contributed by atoms with van der Waals surface area (Å²) >= 11 is 0. The number of carbonyl (C=O) groups excluding carboxylic acids is 1. The maximum Gasteiger partial charge on any atom is 0.310 e. The first-order chi connectivity index (χ1) is 15.6. The average molecular weight is 451 g/mol. The lowest BCUT2D eigenvalue weighted by molar-refractivity contribution is -0.146. The number of pyridine rings is 1. The molecule has 4 rings (SSSR count). The molecular weight excluding hydrogens is 412 g/mol. The molecule has 0 atom stereocenters. The van der Waals surface area contributed by atoms with Crippen molar-refractivity contribution in [3.63, 3.8) is 0 Å². The van der Waals surface area contributed by atoms with Crippen LogP contribution in [0.5, 0.6) is 0 Å². The molecule has 0 saturated carbocycles. The number of esters is 1. The molecule has 6 heteroatoms. The number of nitrogens with one attached hydrogen (secondary N) is 1. The number of nitrogen functional groups attached to an aromatic ring is 1. The molecule has 0 radical (unpaired) electrons. The van der Waals surface area contributed by atoms with Gasteiger partial charge >= 0.3 is 5.97 Å². The molecule has 1 saturated heterocycles. The lowest BCUT2D eigenvalue weighted by atomic mass is 9.82. The summed E-state index contributed by atoms with van der Waals surface area (Å²) in [5.74, 6) is 0.308. The molecule has 3 heterocycles. The van der Waals surface area contributed by atoms with E-state index in [1.165, 1.54) is 11.1 Å². The summed E-state index contributed by atoms with van der Waals surface area (Å²) < 4.78 is 5.51. The Hall–Kier alpha value is -2.60. The van der Waals surface area contributed by atoms with Gasteiger partial charge in [-0.05, 0) is 68.7 Å². The van der Waals surface area contributed by atoms with Gasteiger partial charge in [-0.25, -0.2) is 4.98 Å². The van der Waals surface area contributed by atoms with E-state index in [0.717, 1.165) is 73.5 Å². The molecule has 0 unspecified atom stereocenters. The third-order valence-corrected chi connectivity index (χ3v) is 7.01. The fraction of sp³-hybridized carbons (Fsp3) is 0.556. The Morgan fingerprint density at radius 2 is 1.97 bits per heavy atom. The van der Waals surface area contributed by atoms with Crippen molar-refractivity contribution >= 4 is 17.5 Å². The molecule has 0 aliphatic carbocycles. The van der Waals surface area contributed by atoms with E-state index in [1.54, 1.807) is 0 Å². The minimum atomic E-state index is -0.222. The first kappa shape index (κ1) is 23.6. The number of rotatable bonds is 5. The zero-order valence-corrected chi connectivity index (χ0v) is 20.8. The molecule has 6 nitrogen and oxygen atoms in total. The number of hydrogen-bond donors (Lipinski definition) is 2. The SMILES string of the molecule is Cc1nc(N)c(-c2ccc3c(c2)CCNC3)c(N2CCC(C)(C)CC2)c1CC(=O)OC(C)C. The van der Waals surface area contributed by atoms with Gasteiger partial charge in [-0.1, -0.05) is 32.0 Å². The summed E-state index contributed by atoms with van der Waals surface area (Å²) in [5, 5.41) is 3.44. The third kappa shape index (κ3) is 5.16. The first-order valence-electron chi connectivity index (χ1n) is 12.2. The topological polar surface area (TPSA) is 80.5 Å². The summed E-state index contributed by atoms with van der Waals surface area (Å²) in [6.45, 7) is 14.1. The molecule has 0 amide bonds. The molecule has 1 fully saturated rings. The standard InChI is InChI=1S/C27H38N4O2/c1-17(2)33-23(32)15-22-18(3)30-26(28)24(25(22)31-12-9-27(4,5)10-13-31)20-6-7-21-16-29-11-8-19(21)14-20/h6-7,14,17,29H,8-13,15-16H2,1-5H3,(H2,28,30). The predicted molar refractivity (Wildman–Crippen MR) is 134 cm³/mol. The van der Waals surface area contributed by atoms with E-state index < -0.39 is 0 Å². The van der Waals surface area contributed by atoms with Gasteiger partial charge in [0.25, 0.3) is 0 Å². The molecule has 33 heavy (non-hydrogen) atoms. The van der Waals surface area contributed by atoms with Crippen molar-refractivity contribution in [3.05, 3.63) is 40.6 Å². The van der Waals surface area contributed by atoms with Crippen LogP contribution in [-0.2, 0) is 28.9 Å². The van der Waals surface area contributed by atoms with Crippen LogP contribution in [0.15, 0.2) is 18.2 Å². The van der Waals surface area contributed by atoms with Crippen molar-refractivity contribution < 1.29 is 9.53 Å². The molecular formula is C27H38N4O2. The number of hydrogen-bond acceptors (Lipinski definition) is 6. The van der Waals surface area contributed by atoms with Crippen molar-refractivity contribution in [2.75, 3.05) is 30.3 Å². The lowest BCUT2D eigenvalue weighted by Gasteiger charge is -2.40. The van der Waals surface area contributed by atoms with Crippen LogP contribution in [0.1, 0.15) is 62.9 Å². The number of benzene rings is 1. The van der Waals surface area contributed by atoms with Crippen molar-refractivity contribution in [1.29, 1.82) is 0 Å². The quantitative estimate of drug-likeness (QED) is 0.657. The summed E-state index contributed by atoms with van der Waals surface area (Å²) in [6.07, 6.45) is 3.25. The molecule has 1 aromatic carbocycles. The first-order valence-corrected chi connectivity index (χ1v) is 12.2. The number of aromatic nitrogens is 1.